The van der Waals surface area contributed by atoms with Gasteiger partial charge < -0.3 is 15.0 Å². The first-order chi connectivity index (χ1) is 16.0. The second-order valence-electron chi connectivity index (χ2n) is 7.68. The van der Waals surface area contributed by atoms with E-state index in [-0.39, 0.29) is 18.9 Å². The molecule has 4 rings (SSSR count). The molecule has 8 heteroatoms. The van der Waals surface area contributed by atoms with Crippen LogP contribution in [0.1, 0.15) is 23.8 Å². The smallest absolute Gasteiger partial charge is 0.332 e. The van der Waals surface area contributed by atoms with Crippen molar-refractivity contribution in [2.75, 3.05) is 17.3 Å². The summed E-state index contributed by atoms with van der Waals surface area (Å²) in [4.78, 5) is 43.1. The van der Waals surface area contributed by atoms with E-state index in [0.29, 0.717) is 17.1 Å². The molecule has 1 aliphatic heterocycles. The van der Waals surface area contributed by atoms with E-state index in [1.807, 2.05) is 41.8 Å². The molecule has 0 radical (unpaired) electrons. The maximum absolute atomic E-state index is 13.4. The number of benzene rings is 2. The molecule has 33 heavy (non-hydrogen) atoms. The molecule has 0 saturated carbocycles. The lowest BCUT2D eigenvalue weighted by Crippen LogP contribution is -2.37. The number of thiophene rings is 1. The zero-order chi connectivity index (χ0) is 23.4. The molecule has 7 nitrogen and oxygen atoms in total. The van der Waals surface area contributed by atoms with Crippen molar-refractivity contribution in [2.45, 2.75) is 32.4 Å². The van der Waals surface area contributed by atoms with E-state index in [1.54, 1.807) is 24.3 Å². The van der Waals surface area contributed by atoms with Gasteiger partial charge in [0.25, 0.3) is 5.91 Å². The highest BCUT2D eigenvalue weighted by molar-refractivity contribution is 7.09. The molecule has 0 unspecified atom stereocenters. The number of nitrogens with one attached hydrogen (secondary N) is 1. The molecule has 0 aliphatic carbocycles. The summed E-state index contributed by atoms with van der Waals surface area (Å²) in [5, 5.41) is 4.76. The highest BCUT2D eigenvalue weighted by atomic mass is 32.1. The third-order valence-electron chi connectivity index (χ3n) is 5.56. The summed E-state index contributed by atoms with van der Waals surface area (Å²) in [6.07, 6.45) is 0.774. The van der Waals surface area contributed by atoms with Crippen LogP contribution in [0.15, 0.2) is 66.0 Å². The first kappa shape index (κ1) is 22.5. The molecule has 3 aromatic rings. The number of rotatable bonds is 8. The van der Waals surface area contributed by atoms with E-state index in [1.165, 1.54) is 28.9 Å². The first-order valence-electron chi connectivity index (χ1n) is 10.7. The van der Waals surface area contributed by atoms with Crippen molar-refractivity contribution >= 4 is 40.6 Å². The predicted molar refractivity (Wildman–Crippen MR) is 129 cm³/mol. The lowest BCUT2D eigenvalue weighted by atomic mass is 10.1. The maximum atomic E-state index is 13.4. The van der Waals surface area contributed by atoms with Crippen LogP contribution in [0.3, 0.4) is 0 Å². The van der Waals surface area contributed by atoms with Crippen molar-refractivity contribution in [3.63, 3.8) is 0 Å². The van der Waals surface area contributed by atoms with Crippen LogP contribution in [0.25, 0.3) is 0 Å². The SMILES string of the molecule is CCc1ccc(NC(=O)C[C@H]2C(=O)N(c3cccc(OC)c3)C(=O)N2Cc2cccs2)cc1. The van der Waals surface area contributed by atoms with E-state index in [4.69, 9.17) is 4.74 Å². The molecule has 1 aromatic heterocycles. The van der Waals surface area contributed by atoms with Crippen LogP contribution in [0, 0.1) is 0 Å². The zero-order valence-electron chi connectivity index (χ0n) is 18.5. The van der Waals surface area contributed by atoms with Gasteiger partial charge in [-0.25, -0.2) is 9.69 Å². The lowest BCUT2D eigenvalue weighted by molar-refractivity contribution is -0.124. The van der Waals surface area contributed by atoms with Crippen LogP contribution in [0.4, 0.5) is 16.2 Å². The molecule has 1 N–H and O–H groups in total. The van der Waals surface area contributed by atoms with E-state index < -0.39 is 18.0 Å². The highest BCUT2D eigenvalue weighted by Gasteiger charge is 2.46. The molecule has 2 heterocycles. The van der Waals surface area contributed by atoms with Gasteiger partial charge in [0.2, 0.25) is 5.91 Å². The van der Waals surface area contributed by atoms with Gasteiger partial charge in [-0.2, -0.15) is 0 Å². The third kappa shape index (κ3) is 4.90. The normalized spacial score (nSPS) is 15.8. The minimum absolute atomic E-state index is 0.133. The second-order valence-corrected chi connectivity index (χ2v) is 8.72. The Morgan fingerprint density at radius 3 is 2.55 bits per heavy atom. The Hall–Kier alpha value is -3.65. The van der Waals surface area contributed by atoms with Crippen LogP contribution in [0.5, 0.6) is 5.75 Å². The second kappa shape index (κ2) is 9.87. The monoisotopic (exact) mass is 463 g/mol. The van der Waals surface area contributed by atoms with Gasteiger partial charge in [0.1, 0.15) is 11.8 Å². The minimum atomic E-state index is -0.902. The van der Waals surface area contributed by atoms with Crippen LogP contribution in [0.2, 0.25) is 0 Å². The quantitative estimate of drug-likeness (QED) is 0.492. The Bertz CT molecular complexity index is 1140. The molecule has 170 valence electrons. The van der Waals surface area contributed by atoms with Gasteiger partial charge >= 0.3 is 6.03 Å². The Labute approximate surface area is 196 Å². The van der Waals surface area contributed by atoms with Crippen LogP contribution in [-0.4, -0.2) is 35.9 Å². The Morgan fingerprint density at radius 1 is 1.09 bits per heavy atom. The van der Waals surface area contributed by atoms with E-state index in [0.717, 1.165) is 16.2 Å². The number of hydrogen-bond donors (Lipinski definition) is 1. The van der Waals surface area contributed by atoms with Crippen molar-refractivity contribution in [1.29, 1.82) is 0 Å². The molecule has 2 aromatic carbocycles. The number of carbonyl (C=O) groups excluding carboxylic acids is 3. The molecule has 1 saturated heterocycles. The van der Waals surface area contributed by atoms with E-state index in [2.05, 4.69) is 12.2 Å². The van der Waals surface area contributed by atoms with Gasteiger partial charge in [0, 0.05) is 16.6 Å². The Kier molecular flexibility index (Phi) is 6.74. The van der Waals surface area contributed by atoms with Crippen molar-refractivity contribution in [2.24, 2.45) is 0 Å². The summed E-state index contributed by atoms with van der Waals surface area (Å²) in [6, 6.07) is 16.8. The van der Waals surface area contributed by atoms with E-state index in [9.17, 15) is 14.4 Å². The fourth-order valence-electron chi connectivity index (χ4n) is 3.78. The molecule has 4 amide bonds. The highest BCUT2D eigenvalue weighted by Crippen LogP contribution is 2.31. The third-order valence-corrected chi connectivity index (χ3v) is 6.42. The van der Waals surface area contributed by atoms with E-state index >= 15 is 0 Å². The summed E-state index contributed by atoms with van der Waals surface area (Å²) in [5.41, 5.74) is 2.24. The van der Waals surface area contributed by atoms with Gasteiger partial charge in [-0.1, -0.05) is 31.2 Å². The number of imide groups is 1. The number of carbonyl (C=O) groups is 3. The van der Waals surface area contributed by atoms with Gasteiger partial charge in [0.15, 0.2) is 0 Å². The van der Waals surface area contributed by atoms with Crippen LogP contribution in [-0.2, 0) is 22.6 Å². The number of methoxy groups -OCH3 is 1. The largest absolute Gasteiger partial charge is 0.497 e. The number of hydrogen-bond acceptors (Lipinski definition) is 5. The average molecular weight is 464 g/mol. The molecule has 0 bridgehead atoms. The van der Waals surface area contributed by atoms with Crippen LogP contribution < -0.4 is 15.0 Å². The predicted octanol–water partition coefficient (Wildman–Crippen LogP) is 4.69. The molecule has 1 atom stereocenters. The lowest BCUT2D eigenvalue weighted by Gasteiger charge is -2.21. The number of ether oxygens (including phenoxy) is 1. The van der Waals surface area contributed by atoms with Crippen LogP contribution >= 0.6 is 11.3 Å². The molecule has 1 fully saturated rings. The summed E-state index contributed by atoms with van der Waals surface area (Å²) in [5.74, 6) is -0.218. The van der Waals surface area contributed by atoms with Gasteiger partial charge in [-0.05, 0) is 47.7 Å². The number of anilines is 2. The van der Waals surface area contributed by atoms with Gasteiger partial charge in [0.05, 0.1) is 25.8 Å². The van der Waals surface area contributed by atoms with Crippen molar-refractivity contribution in [3.8, 4) is 5.75 Å². The number of urea groups is 1. The Morgan fingerprint density at radius 2 is 1.88 bits per heavy atom. The number of nitrogens with zero attached hydrogens (tertiary/aromatic N) is 2. The molecular formula is C25H25N3O4S. The Balaban J connectivity index is 1.57. The molecule has 1 aliphatic rings. The topological polar surface area (TPSA) is 79.0 Å². The fourth-order valence-corrected chi connectivity index (χ4v) is 4.49. The summed E-state index contributed by atoms with van der Waals surface area (Å²) >= 11 is 1.50. The fraction of sp³-hybridized carbons (Fsp3) is 0.240. The molecule has 0 spiro atoms. The average Bonchev–Trinajstić information content (AvgIpc) is 3.42. The molecular weight excluding hydrogens is 438 g/mol. The van der Waals surface area contributed by atoms with Gasteiger partial charge in [-0.15, -0.1) is 11.3 Å². The summed E-state index contributed by atoms with van der Waals surface area (Å²) in [7, 11) is 1.52. The summed E-state index contributed by atoms with van der Waals surface area (Å²) < 4.78 is 5.25. The van der Waals surface area contributed by atoms with Crippen molar-refractivity contribution in [3.05, 3.63) is 76.5 Å². The van der Waals surface area contributed by atoms with Crippen molar-refractivity contribution < 1.29 is 19.1 Å². The zero-order valence-corrected chi connectivity index (χ0v) is 19.3. The summed E-state index contributed by atoms with van der Waals surface area (Å²) in [6.45, 7) is 2.32. The maximum Gasteiger partial charge on any atom is 0.332 e. The standard InChI is InChI=1S/C25H25N3O4S/c1-3-17-9-11-18(12-10-17)26-23(29)15-22-24(30)28(19-6-4-7-20(14-19)32-2)25(31)27(22)16-21-8-5-13-33-21/h4-14,22H,3,15-16H2,1-2H3,(H,26,29)/t22-/m0/s1. The number of amides is 4. The number of aryl methyl sites for hydroxylation is 1. The minimum Gasteiger partial charge on any atom is -0.497 e. The first-order valence-corrected chi connectivity index (χ1v) is 11.6. The van der Waals surface area contributed by atoms with Crippen molar-refractivity contribution in [1.82, 2.24) is 4.90 Å². The van der Waals surface area contributed by atoms with Gasteiger partial charge in [-0.3, -0.25) is 9.59 Å².